The number of carbonyl (C=O) groups is 2. The van der Waals surface area contributed by atoms with E-state index in [2.05, 4.69) is 15.5 Å². The van der Waals surface area contributed by atoms with E-state index < -0.39 is 0 Å². The minimum Gasteiger partial charge on any atom is -0.342 e. The fraction of sp³-hybridized carbons (Fsp3) is 0.333. The molecule has 114 valence electrons. The van der Waals surface area contributed by atoms with Crippen LogP contribution in [0.5, 0.6) is 0 Å². The van der Waals surface area contributed by atoms with Crippen LogP contribution in [-0.2, 0) is 16.0 Å². The van der Waals surface area contributed by atoms with Gasteiger partial charge in [-0.3, -0.25) is 9.59 Å². The largest absolute Gasteiger partial charge is 0.342 e. The van der Waals surface area contributed by atoms with E-state index in [1.54, 1.807) is 10.4 Å². The second-order valence-corrected chi connectivity index (χ2v) is 6.04. The Kier molecular flexibility index (Phi) is 4.43. The molecular weight excluding hydrogens is 300 g/mol. The van der Waals surface area contributed by atoms with Crippen molar-refractivity contribution in [3.8, 4) is 0 Å². The molecule has 0 radical (unpaired) electrons. The van der Waals surface area contributed by atoms with Crippen molar-refractivity contribution in [2.75, 3.05) is 18.4 Å². The number of hydrogen-bond acceptors (Lipinski definition) is 5. The van der Waals surface area contributed by atoms with Gasteiger partial charge in [-0.2, -0.15) is 0 Å². The lowest BCUT2D eigenvalue weighted by Gasteiger charge is -2.16. The summed E-state index contributed by atoms with van der Waals surface area (Å²) < 4.78 is 0. The summed E-state index contributed by atoms with van der Waals surface area (Å²) in [6.07, 6.45) is 1.07. The number of anilines is 1. The maximum Gasteiger partial charge on any atom is 0.231 e. The van der Waals surface area contributed by atoms with Gasteiger partial charge in [0, 0.05) is 19.5 Å². The van der Waals surface area contributed by atoms with Gasteiger partial charge < -0.3 is 10.2 Å². The number of nitrogens with one attached hydrogen (secondary N) is 1. The summed E-state index contributed by atoms with van der Waals surface area (Å²) in [6, 6.07) is 10.0. The summed E-state index contributed by atoms with van der Waals surface area (Å²) in [7, 11) is 0. The standard InChI is InChI=1S/C15H16N4O2S/c20-13-8-12(14(21)17-15-18-16-10-22-15)9-19(13)7-6-11-4-2-1-3-5-11/h1-5,10,12H,6-9H2,(H,17,18,21)/t12-/m1/s1. The Balaban J connectivity index is 1.53. The van der Waals surface area contributed by atoms with Gasteiger partial charge in [0.15, 0.2) is 0 Å². The number of likely N-dealkylation sites (tertiary alicyclic amines) is 1. The molecule has 1 aromatic carbocycles. The smallest absolute Gasteiger partial charge is 0.231 e. The Morgan fingerprint density at radius 2 is 2.18 bits per heavy atom. The second-order valence-electron chi connectivity index (χ2n) is 5.21. The van der Waals surface area contributed by atoms with E-state index >= 15 is 0 Å². The van der Waals surface area contributed by atoms with Crippen LogP contribution in [0.4, 0.5) is 5.13 Å². The SMILES string of the molecule is O=C(Nc1nncs1)[C@@H]1CC(=O)N(CCc2ccccc2)C1. The first-order valence-electron chi connectivity index (χ1n) is 7.11. The first-order chi connectivity index (χ1) is 10.7. The molecule has 7 heteroatoms. The first kappa shape index (κ1) is 14.6. The molecule has 2 aromatic rings. The van der Waals surface area contributed by atoms with E-state index in [1.807, 2.05) is 30.3 Å². The molecule has 22 heavy (non-hydrogen) atoms. The predicted molar refractivity (Wildman–Crippen MR) is 83.4 cm³/mol. The predicted octanol–water partition coefficient (Wildman–Crippen LogP) is 1.57. The zero-order chi connectivity index (χ0) is 15.4. The lowest BCUT2D eigenvalue weighted by Crippen LogP contribution is -2.30. The van der Waals surface area contributed by atoms with Gasteiger partial charge in [0.1, 0.15) is 5.51 Å². The van der Waals surface area contributed by atoms with Crippen molar-refractivity contribution < 1.29 is 9.59 Å². The molecule has 0 unspecified atom stereocenters. The number of rotatable bonds is 5. The van der Waals surface area contributed by atoms with Crippen LogP contribution in [0.25, 0.3) is 0 Å². The van der Waals surface area contributed by atoms with E-state index in [0.717, 1.165) is 6.42 Å². The topological polar surface area (TPSA) is 75.2 Å². The zero-order valence-corrected chi connectivity index (χ0v) is 12.8. The van der Waals surface area contributed by atoms with Crippen molar-refractivity contribution in [3.63, 3.8) is 0 Å². The van der Waals surface area contributed by atoms with Crippen molar-refractivity contribution in [2.45, 2.75) is 12.8 Å². The minimum atomic E-state index is -0.313. The summed E-state index contributed by atoms with van der Waals surface area (Å²) in [6.45, 7) is 1.11. The van der Waals surface area contributed by atoms with Gasteiger partial charge in [0.05, 0.1) is 5.92 Å². The molecule has 1 aromatic heterocycles. The van der Waals surface area contributed by atoms with Crippen molar-refractivity contribution in [1.82, 2.24) is 15.1 Å². The van der Waals surface area contributed by atoms with Gasteiger partial charge in [0.2, 0.25) is 16.9 Å². The summed E-state index contributed by atoms with van der Waals surface area (Å²) >= 11 is 1.27. The molecule has 1 aliphatic rings. The fourth-order valence-electron chi connectivity index (χ4n) is 2.51. The summed E-state index contributed by atoms with van der Waals surface area (Å²) in [5.74, 6) is -0.437. The average molecular weight is 316 g/mol. The molecule has 6 nitrogen and oxygen atoms in total. The molecule has 2 amide bonds. The molecule has 0 bridgehead atoms. The fourth-order valence-corrected chi connectivity index (χ4v) is 2.96. The lowest BCUT2D eigenvalue weighted by molar-refractivity contribution is -0.128. The number of aromatic nitrogens is 2. The van der Waals surface area contributed by atoms with Crippen LogP contribution in [0.15, 0.2) is 35.8 Å². The van der Waals surface area contributed by atoms with Gasteiger partial charge >= 0.3 is 0 Å². The summed E-state index contributed by atoms with van der Waals surface area (Å²) in [5.41, 5.74) is 2.75. The highest BCUT2D eigenvalue weighted by atomic mass is 32.1. The Labute approximate surface area is 132 Å². The van der Waals surface area contributed by atoms with Crippen LogP contribution >= 0.6 is 11.3 Å². The van der Waals surface area contributed by atoms with E-state index in [9.17, 15) is 9.59 Å². The van der Waals surface area contributed by atoms with E-state index in [1.165, 1.54) is 16.9 Å². The zero-order valence-electron chi connectivity index (χ0n) is 11.9. The van der Waals surface area contributed by atoms with Crippen LogP contribution < -0.4 is 5.32 Å². The minimum absolute atomic E-state index is 0.0355. The van der Waals surface area contributed by atoms with Crippen molar-refractivity contribution in [2.24, 2.45) is 5.92 Å². The molecule has 1 fully saturated rings. The Morgan fingerprint density at radius 3 is 2.91 bits per heavy atom. The van der Waals surface area contributed by atoms with Gasteiger partial charge in [-0.25, -0.2) is 0 Å². The Hall–Kier alpha value is -2.28. The Morgan fingerprint density at radius 1 is 1.36 bits per heavy atom. The molecule has 1 N–H and O–H groups in total. The van der Waals surface area contributed by atoms with Gasteiger partial charge in [-0.05, 0) is 12.0 Å². The highest BCUT2D eigenvalue weighted by Crippen LogP contribution is 2.20. The highest BCUT2D eigenvalue weighted by Gasteiger charge is 2.34. The molecular formula is C15H16N4O2S. The van der Waals surface area contributed by atoms with Gasteiger partial charge in [-0.1, -0.05) is 41.7 Å². The van der Waals surface area contributed by atoms with E-state index in [0.29, 0.717) is 18.2 Å². The maximum absolute atomic E-state index is 12.1. The molecule has 0 spiro atoms. The molecule has 1 atom stereocenters. The van der Waals surface area contributed by atoms with Gasteiger partial charge in [-0.15, -0.1) is 10.2 Å². The third kappa shape index (κ3) is 3.48. The van der Waals surface area contributed by atoms with Crippen LogP contribution in [-0.4, -0.2) is 40.0 Å². The van der Waals surface area contributed by atoms with Crippen LogP contribution in [0.1, 0.15) is 12.0 Å². The number of hydrogen-bond donors (Lipinski definition) is 1. The first-order valence-corrected chi connectivity index (χ1v) is 7.99. The third-order valence-electron chi connectivity index (χ3n) is 3.69. The van der Waals surface area contributed by atoms with Crippen LogP contribution in [0.2, 0.25) is 0 Å². The third-order valence-corrected chi connectivity index (χ3v) is 4.30. The normalized spacial score (nSPS) is 17.7. The molecule has 1 saturated heterocycles. The molecule has 1 aliphatic heterocycles. The van der Waals surface area contributed by atoms with E-state index in [-0.39, 0.29) is 24.2 Å². The monoisotopic (exact) mass is 316 g/mol. The van der Waals surface area contributed by atoms with Crippen LogP contribution in [0, 0.1) is 5.92 Å². The average Bonchev–Trinajstić information content (AvgIpc) is 3.16. The molecule has 2 heterocycles. The number of nitrogens with zero attached hydrogens (tertiary/aromatic N) is 3. The molecule has 0 saturated carbocycles. The Bertz CT molecular complexity index is 645. The van der Waals surface area contributed by atoms with E-state index in [4.69, 9.17) is 0 Å². The summed E-state index contributed by atoms with van der Waals surface area (Å²) in [4.78, 5) is 25.9. The number of amides is 2. The highest BCUT2D eigenvalue weighted by molar-refractivity contribution is 7.13. The van der Waals surface area contributed by atoms with Crippen LogP contribution in [0.3, 0.4) is 0 Å². The maximum atomic E-state index is 12.1. The molecule has 0 aliphatic carbocycles. The van der Waals surface area contributed by atoms with Crippen molar-refractivity contribution in [1.29, 1.82) is 0 Å². The van der Waals surface area contributed by atoms with Gasteiger partial charge in [0.25, 0.3) is 0 Å². The van der Waals surface area contributed by atoms with Crippen molar-refractivity contribution >= 4 is 28.3 Å². The van der Waals surface area contributed by atoms with Crippen molar-refractivity contribution in [3.05, 3.63) is 41.4 Å². The lowest BCUT2D eigenvalue weighted by atomic mass is 10.1. The second kappa shape index (κ2) is 6.65. The molecule has 3 rings (SSSR count). The summed E-state index contributed by atoms with van der Waals surface area (Å²) in [5, 5.41) is 10.6. The quantitative estimate of drug-likeness (QED) is 0.908. The number of benzene rings is 1. The number of carbonyl (C=O) groups excluding carboxylic acids is 2.